The summed E-state index contributed by atoms with van der Waals surface area (Å²) in [6.45, 7) is 2.66. The van der Waals surface area contributed by atoms with Crippen LogP contribution in [0.4, 0.5) is 0 Å². The number of esters is 2. The van der Waals surface area contributed by atoms with Crippen molar-refractivity contribution in [1.82, 2.24) is 4.90 Å². The maximum Gasteiger partial charge on any atom is 0.331 e. The Hall–Kier alpha value is -3.03. The Balaban J connectivity index is 1.82. The van der Waals surface area contributed by atoms with Gasteiger partial charge in [0, 0.05) is 24.7 Å². The van der Waals surface area contributed by atoms with Crippen molar-refractivity contribution in [2.45, 2.75) is 19.8 Å². The maximum atomic E-state index is 12.2. The Labute approximate surface area is 170 Å². The van der Waals surface area contributed by atoms with Crippen molar-refractivity contribution in [3.8, 4) is 11.5 Å². The molecule has 1 saturated heterocycles. The van der Waals surface area contributed by atoms with Gasteiger partial charge in [-0.05, 0) is 31.9 Å². The van der Waals surface area contributed by atoms with E-state index < -0.39 is 5.97 Å². The summed E-state index contributed by atoms with van der Waals surface area (Å²) in [7, 11) is 3.04. The van der Waals surface area contributed by atoms with Crippen molar-refractivity contribution in [2.75, 3.05) is 40.5 Å². The molecule has 1 aliphatic rings. The van der Waals surface area contributed by atoms with Crippen LogP contribution < -0.4 is 9.47 Å². The van der Waals surface area contributed by atoms with Crippen molar-refractivity contribution in [2.24, 2.45) is 5.92 Å². The van der Waals surface area contributed by atoms with Crippen molar-refractivity contribution < 1.29 is 33.3 Å². The topological polar surface area (TPSA) is 91.4 Å². The summed E-state index contributed by atoms with van der Waals surface area (Å²) < 4.78 is 20.6. The minimum atomic E-state index is -0.635. The molecule has 1 aromatic rings. The normalized spacial score (nSPS) is 14.5. The van der Waals surface area contributed by atoms with E-state index in [0.29, 0.717) is 49.6 Å². The SMILES string of the molecule is CCOC(=O)C1CCN(C(=O)COC(=O)C=Cc2cccc(OC)c2OC)CC1. The molecule has 158 valence electrons. The third-order valence-corrected chi connectivity index (χ3v) is 4.64. The van der Waals surface area contributed by atoms with Gasteiger partial charge in [-0.15, -0.1) is 0 Å². The predicted octanol–water partition coefficient (Wildman–Crippen LogP) is 2.06. The van der Waals surface area contributed by atoms with Gasteiger partial charge in [-0.1, -0.05) is 12.1 Å². The summed E-state index contributed by atoms with van der Waals surface area (Å²) in [6, 6.07) is 5.29. The quantitative estimate of drug-likeness (QED) is 0.483. The van der Waals surface area contributed by atoms with Gasteiger partial charge < -0.3 is 23.8 Å². The molecule has 2 rings (SSSR count). The number of benzene rings is 1. The van der Waals surface area contributed by atoms with E-state index >= 15 is 0 Å². The number of para-hydroxylation sites is 1. The number of carbonyl (C=O) groups excluding carboxylic acids is 3. The number of rotatable bonds is 8. The molecule has 0 aliphatic carbocycles. The van der Waals surface area contributed by atoms with Gasteiger partial charge in [0.1, 0.15) is 0 Å². The average molecular weight is 405 g/mol. The number of methoxy groups -OCH3 is 2. The van der Waals surface area contributed by atoms with E-state index in [0.717, 1.165) is 0 Å². The fourth-order valence-corrected chi connectivity index (χ4v) is 3.10. The third kappa shape index (κ3) is 6.23. The number of ether oxygens (including phenoxy) is 4. The van der Waals surface area contributed by atoms with Gasteiger partial charge in [-0.3, -0.25) is 9.59 Å². The Morgan fingerprint density at radius 3 is 2.45 bits per heavy atom. The van der Waals surface area contributed by atoms with Crippen LogP contribution in [0.5, 0.6) is 11.5 Å². The van der Waals surface area contributed by atoms with Gasteiger partial charge in [0.25, 0.3) is 5.91 Å². The number of hydrogen-bond acceptors (Lipinski definition) is 7. The molecule has 0 bridgehead atoms. The first-order valence-electron chi connectivity index (χ1n) is 9.50. The van der Waals surface area contributed by atoms with E-state index in [4.69, 9.17) is 18.9 Å². The zero-order chi connectivity index (χ0) is 21.2. The Morgan fingerprint density at radius 2 is 1.83 bits per heavy atom. The Morgan fingerprint density at radius 1 is 1.10 bits per heavy atom. The van der Waals surface area contributed by atoms with E-state index in [2.05, 4.69) is 0 Å². The molecule has 0 spiro atoms. The molecular weight excluding hydrogens is 378 g/mol. The summed E-state index contributed by atoms with van der Waals surface area (Å²) in [5.74, 6) is -0.270. The number of nitrogens with zero attached hydrogens (tertiary/aromatic N) is 1. The lowest BCUT2D eigenvalue weighted by Crippen LogP contribution is -2.42. The highest BCUT2D eigenvalue weighted by Crippen LogP contribution is 2.31. The molecule has 0 aromatic heterocycles. The average Bonchev–Trinajstić information content (AvgIpc) is 2.75. The lowest BCUT2D eigenvalue weighted by atomic mass is 9.97. The highest BCUT2D eigenvalue weighted by atomic mass is 16.5. The van der Waals surface area contributed by atoms with Crippen LogP contribution in [0, 0.1) is 5.92 Å². The highest BCUT2D eigenvalue weighted by Gasteiger charge is 2.28. The molecule has 0 radical (unpaired) electrons. The number of amides is 1. The van der Waals surface area contributed by atoms with Gasteiger partial charge in [-0.25, -0.2) is 4.79 Å². The largest absolute Gasteiger partial charge is 0.493 e. The summed E-state index contributed by atoms with van der Waals surface area (Å²) >= 11 is 0. The van der Waals surface area contributed by atoms with Crippen LogP contribution in [-0.2, 0) is 23.9 Å². The minimum Gasteiger partial charge on any atom is -0.493 e. The zero-order valence-electron chi connectivity index (χ0n) is 17.0. The lowest BCUT2D eigenvalue weighted by Gasteiger charge is -2.30. The molecule has 0 atom stereocenters. The minimum absolute atomic E-state index is 0.178. The molecule has 8 nitrogen and oxygen atoms in total. The van der Waals surface area contributed by atoms with E-state index in [1.165, 1.54) is 20.3 Å². The summed E-state index contributed by atoms with van der Waals surface area (Å²) in [5, 5.41) is 0. The van der Waals surface area contributed by atoms with Crippen LogP contribution in [0.25, 0.3) is 6.08 Å². The second kappa shape index (κ2) is 11.1. The molecule has 0 saturated carbocycles. The molecule has 1 heterocycles. The second-order valence-corrected chi connectivity index (χ2v) is 6.43. The summed E-state index contributed by atoms with van der Waals surface area (Å²) in [5.41, 5.74) is 0.649. The van der Waals surface area contributed by atoms with Gasteiger partial charge in [-0.2, -0.15) is 0 Å². The van der Waals surface area contributed by atoms with Crippen LogP contribution in [0.15, 0.2) is 24.3 Å². The number of piperidine rings is 1. The van der Waals surface area contributed by atoms with Crippen molar-refractivity contribution in [1.29, 1.82) is 0 Å². The van der Waals surface area contributed by atoms with Crippen LogP contribution >= 0.6 is 0 Å². The van der Waals surface area contributed by atoms with Crippen LogP contribution in [0.3, 0.4) is 0 Å². The van der Waals surface area contributed by atoms with E-state index in [-0.39, 0.29) is 24.4 Å². The molecule has 1 aliphatic heterocycles. The van der Waals surface area contributed by atoms with E-state index in [1.807, 2.05) is 0 Å². The second-order valence-electron chi connectivity index (χ2n) is 6.43. The van der Waals surface area contributed by atoms with Crippen LogP contribution in [0.2, 0.25) is 0 Å². The lowest BCUT2D eigenvalue weighted by molar-refractivity contribution is -0.153. The molecule has 8 heteroatoms. The van der Waals surface area contributed by atoms with Crippen molar-refractivity contribution in [3.63, 3.8) is 0 Å². The number of carbonyl (C=O) groups is 3. The third-order valence-electron chi connectivity index (χ3n) is 4.64. The fraction of sp³-hybridized carbons (Fsp3) is 0.476. The monoisotopic (exact) mass is 405 g/mol. The summed E-state index contributed by atoms with van der Waals surface area (Å²) in [4.78, 5) is 37.5. The fourth-order valence-electron chi connectivity index (χ4n) is 3.10. The van der Waals surface area contributed by atoms with Gasteiger partial charge >= 0.3 is 11.9 Å². The highest BCUT2D eigenvalue weighted by molar-refractivity contribution is 5.90. The molecule has 29 heavy (non-hydrogen) atoms. The summed E-state index contributed by atoms with van der Waals surface area (Å²) in [6.07, 6.45) is 3.87. The standard InChI is InChI=1S/C21H27NO7/c1-4-28-21(25)16-10-12-22(13-11-16)18(23)14-29-19(24)9-8-15-6-5-7-17(26-2)20(15)27-3/h5-9,16H,4,10-14H2,1-3H3. The number of hydrogen-bond donors (Lipinski definition) is 0. The van der Waals surface area contributed by atoms with Crippen LogP contribution in [-0.4, -0.2) is 63.3 Å². The van der Waals surface area contributed by atoms with Gasteiger partial charge in [0.15, 0.2) is 18.1 Å². The molecule has 1 amide bonds. The molecule has 0 unspecified atom stereocenters. The first-order valence-corrected chi connectivity index (χ1v) is 9.50. The Kier molecular flexibility index (Phi) is 8.51. The smallest absolute Gasteiger partial charge is 0.331 e. The van der Waals surface area contributed by atoms with E-state index in [1.54, 1.807) is 36.1 Å². The molecule has 1 fully saturated rings. The predicted molar refractivity (Wildman–Crippen MR) is 105 cm³/mol. The number of likely N-dealkylation sites (tertiary alicyclic amines) is 1. The molecular formula is C21H27NO7. The molecule has 1 aromatic carbocycles. The first-order chi connectivity index (χ1) is 14.0. The van der Waals surface area contributed by atoms with Crippen molar-refractivity contribution in [3.05, 3.63) is 29.8 Å². The van der Waals surface area contributed by atoms with Crippen LogP contribution in [0.1, 0.15) is 25.3 Å². The molecule has 0 N–H and O–H groups in total. The zero-order valence-corrected chi connectivity index (χ0v) is 17.0. The van der Waals surface area contributed by atoms with E-state index in [9.17, 15) is 14.4 Å². The Bertz CT molecular complexity index is 751. The van der Waals surface area contributed by atoms with Crippen molar-refractivity contribution >= 4 is 23.9 Å². The van der Waals surface area contributed by atoms with Gasteiger partial charge in [0.05, 0.1) is 26.7 Å². The maximum absolute atomic E-state index is 12.2. The van der Waals surface area contributed by atoms with Gasteiger partial charge in [0.2, 0.25) is 0 Å². The first kappa shape index (κ1) is 22.3.